The van der Waals surface area contributed by atoms with Gasteiger partial charge in [-0.15, -0.1) is 0 Å². The van der Waals surface area contributed by atoms with Crippen molar-refractivity contribution in [1.29, 1.82) is 0 Å². The van der Waals surface area contributed by atoms with Crippen molar-refractivity contribution in [3.8, 4) is 0 Å². The van der Waals surface area contributed by atoms with Crippen molar-refractivity contribution in [2.75, 3.05) is 13.1 Å². The van der Waals surface area contributed by atoms with Gasteiger partial charge in [0.25, 0.3) is 0 Å². The van der Waals surface area contributed by atoms with Crippen LogP contribution >= 0.6 is 15.9 Å². The largest absolute Gasteiger partial charge is 0.387 e. The Morgan fingerprint density at radius 2 is 2.05 bits per heavy atom. The zero-order valence-corrected chi connectivity index (χ0v) is 13.6. The number of rotatable bonds is 9. The highest BCUT2D eigenvalue weighted by Gasteiger charge is 2.09. The first-order valence-electron chi connectivity index (χ1n) is 7.31. The number of halogens is 1. The molecule has 0 fully saturated rings. The molecule has 2 nitrogen and oxygen atoms in total. The van der Waals surface area contributed by atoms with Crippen LogP contribution in [-0.4, -0.2) is 18.2 Å². The average Bonchev–Trinajstić information content (AvgIpc) is 2.42. The Morgan fingerprint density at radius 1 is 1.26 bits per heavy atom. The first-order chi connectivity index (χ1) is 9.17. The minimum Gasteiger partial charge on any atom is -0.387 e. The maximum atomic E-state index is 10.1. The summed E-state index contributed by atoms with van der Waals surface area (Å²) in [5.41, 5.74) is 0.962. The molecule has 2 N–H and O–H groups in total. The second kappa shape index (κ2) is 9.51. The molecule has 0 saturated heterocycles. The third kappa shape index (κ3) is 6.55. The number of hydrogen-bond acceptors (Lipinski definition) is 2. The summed E-state index contributed by atoms with van der Waals surface area (Å²) >= 11 is 3.43. The van der Waals surface area contributed by atoms with Gasteiger partial charge in [0, 0.05) is 11.0 Å². The van der Waals surface area contributed by atoms with Gasteiger partial charge in [-0.1, -0.05) is 61.2 Å². The molecule has 0 heterocycles. The van der Waals surface area contributed by atoms with E-state index in [1.54, 1.807) is 0 Å². The van der Waals surface area contributed by atoms with Crippen LogP contribution in [0.4, 0.5) is 0 Å². The molecule has 0 spiro atoms. The minimum atomic E-state index is -0.429. The van der Waals surface area contributed by atoms with E-state index >= 15 is 0 Å². The zero-order chi connectivity index (χ0) is 14.1. The van der Waals surface area contributed by atoms with Gasteiger partial charge in [0.2, 0.25) is 0 Å². The summed E-state index contributed by atoms with van der Waals surface area (Å²) in [5.74, 6) is 0.731. The Kier molecular flexibility index (Phi) is 8.35. The van der Waals surface area contributed by atoms with E-state index in [1.165, 1.54) is 25.7 Å². The van der Waals surface area contributed by atoms with E-state index < -0.39 is 6.10 Å². The third-order valence-corrected chi connectivity index (χ3v) is 4.04. The first kappa shape index (κ1) is 16.7. The Morgan fingerprint density at radius 3 is 2.68 bits per heavy atom. The molecule has 0 aliphatic rings. The molecule has 1 aromatic carbocycles. The summed E-state index contributed by atoms with van der Waals surface area (Å²) in [4.78, 5) is 0. The number of unbranched alkanes of at least 4 members (excludes halogenated alkanes) is 1. The molecule has 0 amide bonds. The summed E-state index contributed by atoms with van der Waals surface area (Å²) in [6.45, 7) is 6.10. The van der Waals surface area contributed by atoms with Gasteiger partial charge in [0.05, 0.1) is 6.10 Å². The number of benzene rings is 1. The van der Waals surface area contributed by atoms with Crippen LogP contribution in [-0.2, 0) is 0 Å². The maximum absolute atomic E-state index is 10.1. The lowest BCUT2D eigenvalue weighted by Crippen LogP contribution is -2.27. The second-order valence-electron chi connectivity index (χ2n) is 5.15. The molecule has 19 heavy (non-hydrogen) atoms. The monoisotopic (exact) mass is 327 g/mol. The Balaban J connectivity index is 2.31. The predicted octanol–water partition coefficient (Wildman–Crippen LogP) is 4.29. The van der Waals surface area contributed by atoms with Crippen molar-refractivity contribution in [3.63, 3.8) is 0 Å². The Labute approximate surface area is 125 Å². The standard InChI is InChI=1S/C16H26BrNO/c1-3-5-7-13(4-2)11-18-12-16(19)14-8-6-9-15(17)10-14/h6,8-10,13,16,18-19H,3-5,7,11-12H2,1-2H3. The van der Waals surface area contributed by atoms with Crippen molar-refractivity contribution in [1.82, 2.24) is 5.32 Å². The van der Waals surface area contributed by atoms with E-state index in [2.05, 4.69) is 35.1 Å². The summed E-state index contributed by atoms with van der Waals surface area (Å²) < 4.78 is 1.01. The molecule has 0 aliphatic heterocycles. The first-order valence-corrected chi connectivity index (χ1v) is 8.10. The number of aliphatic hydroxyl groups excluding tert-OH is 1. The van der Waals surface area contributed by atoms with Gasteiger partial charge in [-0.3, -0.25) is 0 Å². The van der Waals surface area contributed by atoms with E-state index in [4.69, 9.17) is 0 Å². The molecule has 0 bridgehead atoms. The SMILES string of the molecule is CCCCC(CC)CNCC(O)c1cccc(Br)c1. The van der Waals surface area contributed by atoms with Crippen LogP contribution in [0, 0.1) is 5.92 Å². The summed E-state index contributed by atoms with van der Waals surface area (Å²) in [6, 6.07) is 7.87. The van der Waals surface area contributed by atoms with Gasteiger partial charge in [-0.25, -0.2) is 0 Å². The van der Waals surface area contributed by atoms with Gasteiger partial charge in [0.15, 0.2) is 0 Å². The Hall–Kier alpha value is -0.380. The average molecular weight is 328 g/mol. The molecule has 2 unspecified atom stereocenters. The van der Waals surface area contributed by atoms with Crippen LogP contribution in [0.3, 0.4) is 0 Å². The van der Waals surface area contributed by atoms with Gasteiger partial charge in [-0.05, 0) is 36.6 Å². The highest BCUT2D eigenvalue weighted by Crippen LogP contribution is 2.18. The van der Waals surface area contributed by atoms with Crippen LogP contribution in [0.15, 0.2) is 28.7 Å². The molecular weight excluding hydrogens is 302 g/mol. The number of hydrogen-bond donors (Lipinski definition) is 2. The van der Waals surface area contributed by atoms with Gasteiger partial charge in [0.1, 0.15) is 0 Å². The van der Waals surface area contributed by atoms with Crippen molar-refractivity contribution in [2.45, 2.75) is 45.6 Å². The molecular formula is C16H26BrNO. The fourth-order valence-electron chi connectivity index (χ4n) is 2.20. The summed E-state index contributed by atoms with van der Waals surface area (Å²) in [6.07, 6.45) is 4.62. The molecule has 2 atom stereocenters. The van der Waals surface area contributed by atoms with Crippen LogP contribution in [0.25, 0.3) is 0 Å². The minimum absolute atomic E-state index is 0.429. The number of aliphatic hydroxyl groups is 1. The molecule has 0 aromatic heterocycles. The van der Waals surface area contributed by atoms with Gasteiger partial charge < -0.3 is 10.4 Å². The smallest absolute Gasteiger partial charge is 0.0914 e. The van der Waals surface area contributed by atoms with Crippen LogP contribution < -0.4 is 5.32 Å². The summed E-state index contributed by atoms with van der Waals surface area (Å²) in [5, 5.41) is 13.5. The highest BCUT2D eigenvalue weighted by molar-refractivity contribution is 9.10. The number of nitrogens with one attached hydrogen (secondary N) is 1. The molecule has 0 radical (unpaired) electrons. The van der Waals surface area contributed by atoms with E-state index in [9.17, 15) is 5.11 Å². The van der Waals surface area contributed by atoms with Crippen LogP contribution in [0.5, 0.6) is 0 Å². The van der Waals surface area contributed by atoms with E-state index in [0.29, 0.717) is 6.54 Å². The normalized spacial score (nSPS) is 14.3. The lowest BCUT2D eigenvalue weighted by molar-refractivity contribution is 0.172. The topological polar surface area (TPSA) is 32.3 Å². The molecule has 1 aromatic rings. The molecule has 0 saturated carbocycles. The summed E-state index contributed by atoms with van der Waals surface area (Å²) in [7, 11) is 0. The second-order valence-corrected chi connectivity index (χ2v) is 6.06. The van der Waals surface area contributed by atoms with Gasteiger partial charge in [-0.2, -0.15) is 0 Å². The molecule has 0 aliphatic carbocycles. The van der Waals surface area contributed by atoms with E-state index in [-0.39, 0.29) is 0 Å². The quantitative estimate of drug-likeness (QED) is 0.709. The van der Waals surface area contributed by atoms with Crippen LogP contribution in [0.1, 0.15) is 51.2 Å². The Bertz CT molecular complexity index is 356. The van der Waals surface area contributed by atoms with Crippen molar-refractivity contribution in [2.24, 2.45) is 5.92 Å². The van der Waals surface area contributed by atoms with Gasteiger partial charge >= 0.3 is 0 Å². The zero-order valence-electron chi connectivity index (χ0n) is 12.0. The molecule has 108 valence electrons. The predicted molar refractivity (Wildman–Crippen MR) is 85.3 cm³/mol. The van der Waals surface area contributed by atoms with E-state index in [0.717, 1.165) is 22.5 Å². The molecule has 3 heteroatoms. The van der Waals surface area contributed by atoms with Crippen molar-refractivity contribution < 1.29 is 5.11 Å². The van der Waals surface area contributed by atoms with Crippen LogP contribution in [0.2, 0.25) is 0 Å². The van der Waals surface area contributed by atoms with E-state index in [1.807, 2.05) is 24.3 Å². The fraction of sp³-hybridized carbons (Fsp3) is 0.625. The van der Waals surface area contributed by atoms with Crippen molar-refractivity contribution in [3.05, 3.63) is 34.3 Å². The van der Waals surface area contributed by atoms with Crippen molar-refractivity contribution >= 4 is 15.9 Å². The highest BCUT2D eigenvalue weighted by atomic mass is 79.9. The third-order valence-electron chi connectivity index (χ3n) is 3.55. The molecule has 1 rings (SSSR count). The fourth-order valence-corrected chi connectivity index (χ4v) is 2.62. The lowest BCUT2D eigenvalue weighted by atomic mass is 9.99. The maximum Gasteiger partial charge on any atom is 0.0914 e. The lowest BCUT2D eigenvalue weighted by Gasteiger charge is -2.17.